The van der Waals surface area contributed by atoms with Crippen molar-refractivity contribution in [2.24, 2.45) is 0 Å². The molecule has 0 saturated heterocycles. The molecular weight excluding hydrogens is 276 g/mol. The summed E-state index contributed by atoms with van der Waals surface area (Å²) < 4.78 is 10.2. The second-order valence-electron chi connectivity index (χ2n) is 4.45. The number of nitrogens with one attached hydrogen (secondary N) is 1. The zero-order chi connectivity index (χ0) is 15.7. The van der Waals surface area contributed by atoms with E-state index in [-0.39, 0.29) is 18.0 Å². The van der Waals surface area contributed by atoms with Crippen LogP contribution >= 0.6 is 0 Å². The van der Waals surface area contributed by atoms with Crippen molar-refractivity contribution in [2.75, 3.05) is 20.3 Å². The minimum Gasteiger partial charge on any atom is -0.475 e. The van der Waals surface area contributed by atoms with Gasteiger partial charge in [0.15, 0.2) is 12.4 Å². The number of rotatable bonds is 9. The van der Waals surface area contributed by atoms with E-state index in [1.807, 2.05) is 6.92 Å². The van der Waals surface area contributed by atoms with E-state index in [4.69, 9.17) is 9.47 Å². The summed E-state index contributed by atoms with van der Waals surface area (Å²) in [5.41, 5.74) is 0.661. The Kier molecular flexibility index (Phi) is 7.17. The molecule has 0 bridgehead atoms. The van der Waals surface area contributed by atoms with E-state index in [2.05, 4.69) is 5.32 Å². The molecule has 1 aromatic carbocycles. The number of hydrogen-bond acceptors (Lipinski definition) is 6. The second kappa shape index (κ2) is 8.91. The highest BCUT2D eigenvalue weighted by Crippen LogP contribution is 2.28. The van der Waals surface area contributed by atoms with Crippen LogP contribution in [-0.2, 0) is 16.1 Å². The molecule has 0 unspecified atom stereocenters. The molecule has 116 valence electrons. The molecule has 0 saturated carbocycles. The van der Waals surface area contributed by atoms with E-state index in [9.17, 15) is 14.9 Å². The lowest BCUT2D eigenvalue weighted by molar-refractivity contribution is -0.385. The SMILES string of the molecule is CCCCOC(=O)COc1cc(CNC)ccc1[N+](=O)[O-]. The number of carbonyl (C=O) groups excluding carboxylic acids is 1. The molecule has 1 N–H and O–H groups in total. The molecule has 21 heavy (non-hydrogen) atoms. The first kappa shape index (κ1) is 16.9. The topological polar surface area (TPSA) is 90.7 Å². The van der Waals surface area contributed by atoms with E-state index in [0.717, 1.165) is 18.4 Å². The molecule has 0 radical (unpaired) electrons. The molecule has 1 rings (SSSR count). The summed E-state index contributed by atoms with van der Waals surface area (Å²) in [6, 6.07) is 4.56. The number of nitro benzene ring substituents is 1. The Morgan fingerprint density at radius 2 is 2.19 bits per heavy atom. The number of nitro groups is 1. The average molecular weight is 296 g/mol. The predicted octanol–water partition coefficient (Wildman–Crippen LogP) is 2.04. The Morgan fingerprint density at radius 1 is 1.43 bits per heavy atom. The fraction of sp³-hybridized carbons (Fsp3) is 0.500. The molecule has 0 heterocycles. The van der Waals surface area contributed by atoms with Crippen LogP contribution in [-0.4, -0.2) is 31.2 Å². The van der Waals surface area contributed by atoms with E-state index in [1.54, 1.807) is 19.2 Å². The monoisotopic (exact) mass is 296 g/mol. The van der Waals surface area contributed by atoms with Crippen LogP contribution in [0.25, 0.3) is 0 Å². The predicted molar refractivity (Wildman–Crippen MR) is 77.2 cm³/mol. The quantitative estimate of drug-likeness (QED) is 0.324. The van der Waals surface area contributed by atoms with E-state index in [1.165, 1.54) is 6.07 Å². The van der Waals surface area contributed by atoms with Crippen molar-refractivity contribution in [3.8, 4) is 5.75 Å². The zero-order valence-electron chi connectivity index (χ0n) is 12.3. The first-order valence-electron chi connectivity index (χ1n) is 6.78. The molecule has 0 fully saturated rings. The van der Waals surface area contributed by atoms with Crippen LogP contribution in [0.1, 0.15) is 25.3 Å². The van der Waals surface area contributed by atoms with E-state index in [0.29, 0.717) is 13.2 Å². The molecule has 0 spiro atoms. The van der Waals surface area contributed by atoms with Gasteiger partial charge < -0.3 is 14.8 Å². The van der Waals surface area contributed by atoms with Gasteiger partial charge in [-0.25, -0.2) is 4.79 Å². The summed E-state index contributed by atoms with van der Waals surface area (Å²) in [6.07, 6.45) is 1.70. The van der Waals surface area contributed by atoms with E-state index >= 15 is 0 Å². The summed E-state index contributed by atoms with van der Waals surface area (Å²) in [7, 11) is 1.77. The van der Waals surface area contributed by atoms with Crippen LogP contribution in [0, 0.1) is 10.1 Å². The van der Waals surface area contributed by atoms with Crippen molar-refractivity contribution in [1.29, 1.82) is 0 Å². The van der Waals surface area contributed by atoms with Crippen molar-refractivity contribution in [3.05, 3.63) is 33.9 Å². The smallest absolute Gasteiger partial charge is 0.344 e. The van der Waals surface area contributed by atoms with Crippen molar-refractivity contribution in [2.45, 2.75) is 26.3 Å². The van der Waals surface area contributed by atoms with E-state index < -0.39 is 10.9 Å². The summed E-state index contributed by atoms with van der Waals surface area (Å²) in [5, 5.41) is 13.9. The van der Waals surface area contributed by atoms with Crippen LogP contribution in [0.3, 0.4) is 0 Å². The molecule has 0 atom stereocenters. The number of benzene rings is 1. The normalized spacial score (nSPS) is 10.2. The number of nitrogens with zero attached hydrogens (tertiary/aromatic N) is 1. The fourth-order valence-corrected chi connectivity index (χ4v) is 1.65. The Morgan fingerprint density at radius 3 is 2.81 bits per heavy atom. The van der Waals surface area contributed by atoms with Gasteiger partial charge in [0.25, 0.3) is 0 Å². The number of hydrogen-bond donors (Lipinski definition) is 1. The second-order valence-corrected chi connectivity index (χ2v) is 4.45. The number of carbonyl (C=O) groups is 1. The summed E-state index contributed by atoms with van der Waals surface area (Å²) >= 11 is 0. The largest absolute Gasteiger partial charge is 0.475 e. The first-order valence-corrected chi connectivity index (χ1v) is 6.78. The highest BCUT2D eigenvalue weighted by Gasteiger charge is 2.17. The molecular formula is C14H20N2O5. The maximum Gasteiger partial charge on any atom is 0.344 e. The van der Waals surface area contributed by atoms with Crippen LogP contribution in [0.5, 0.6) is 5.75 Å². The molecule has 0 aliphatic rings. The Labute approximate surface area is 123 Å². The number of ether oxygens (including phenoxy) is 2. The fourth-order valence-electron chi connectivity index (χ4n) is 1.65. The maximum absolute atomic E-state index is 11.5. The number of unbranched alkanes of at least 4 members (excludes halogenated alkanes) is 1. The lowest BCUT2D eigenvalue weighted by Gasteiger charge is -2.09. The van der Waals surface area contributed by atoms with Crippen molar-refractivity contribution < 1.29 is 19.2 Å². The summed E-state index contributed by atoms with van der Waals surface area (Å²) in [4.78, 5) is 21.9. The van der Waals surface area contributed by atoms with Gasteiger partial charge in [0, 0.05) is 12.6 Å². The Balaban J connectivity index is 2.68. The molecule has 0 aliphatic carbocycles. The van der Waals surface area contributed by atoms with Gasteiger partial charge in [-0.3, -0.25) is 10.1 Å². The third-order valence-corrected chi connectivity index (χ3v) is 2.71. The van der Waals surface area contributed by atoms with Gasteiger partial charge in [0.1, 0.15) is 0 Å². The third kappa shape index (κ3) is 5.78. The van der Waals surface area contributed by atoms with Crippen LogP contribution in [0.15, 0.2) is 18.2 Å². The summed E-state index contributed by atoms with van der Waals surface area (Å²) in [5.74, 6) is -0.461. The number of esters is 1. The molecule has 0 aromatic heterocycles. The van der Waals surface area contributed by atoms with Crippen LogP contribution < -0.4 is 10.1 Å². The van der Waals surface area contributed by atoms with Crippen molar-refractivity contribution >= 4 is 11.7 Å². The lowest BCUT2D eigenvalue weighted by atomic mass is 10.2. The highest BCUT2D eigenvalue weighted by atomic mass is 16.6. The first-order chi connectivity index (χ1) is 10.1. The maximum atomic E-state index is 11.5. The minimum atomic E-state index is -0.541. The van der Waals surface area contributed by atoms with Gasteiger partial charge in [-0.05, 0) is 25.1 Å². The van der Waals surface area contributed by atoms with Gasteiger partial charge >= 0.3 is 11.7 Å². The van der Waals surface area contributed by atoms with Gasteiger partial charge in [0.2, 0.25) is 0 Å². The highest BCUT2D eigenvalue weighted by molar-refractivity contribution is 5.71. The summed E-state index contributed by atoms with van der Waals surface area (Å²) in [6.45, 7) is 2.53. The molecule has 0 aliphatic heterocycles. The molecule has 1 aromatic rings. The molecule has 7 heteroatoms. The molecule has 7 nitrogen and oxygen atoms in total. The lowest BCUT2D eigenvalue weighted by Crippen LogP contribution is -2.16. The van der Waals surface area contributed by atoms with Crippen LogP contribution in [0.4, 0.5) is 5.69 Å². The van der Waals surface area contributed by atoms with Gasteiger partial charge in [-0.15, -0.1) is 0 Å². The Hall–Kier alpha value is -2.15. The van der Waals surface area contributed by atoms with Gasteiger partial charge in [-0.1, -0.05) is 19.4 Å². The van der Waals surface area contributed by atoms with Crippen molar-refractivity contribution in [3.63, 3.8) is 0 Å². The Bertz CT molecular complexity index is 490. The standard InChI is InChI=1S/C14H20N2O5/c1-3-4-7-20-14(17)10-21-13-8-11(9-15-2)5-6-12(13)16(18)19/h5-6,8,15H,3-4,7,9-10H2,1-2H3. The zero-order valence-corrected chi connectivity index (χ0v) is 12.3. The van der Waals surface area contributed by atoms with Crippen LogP contribution in [0.2, 0.25) is 0 Å². The third-order valence-electron chi connectivity index (χ3n) is 2.71. The van der Waals surface area contributed by atoms with Gasteiger partial charge in [-0.2, -0.15) is 0 Å². The van der Waals surface area contributed by atoms with Gasteiger partial charge in [0.05, 0.1) is 11.5 Å². The van der Waals surface area contributed by atoms with Crippen molar-refractivity contribution in [1.82, 2.24) is 5.32 Å². The average Bonchev–Trinajstić information content (AvgIpc) is 2.45. The molecule has 0 amide bonds. The minimum absolute atomic E-state index is 0.0696.